The zero-order valence-electron chi connectivity index (χ0n) is 12.5. The summed E-state index contributed by atoms with van der Waals surface area (Å²) in [6.45, 7) is 0.422. The van der Waals surface area contributed by atoms with E-state index in [9.17, 15) is 9.59 Å². The molecule has 0 fully saturated rings. The van der Waals surface area contributed by atoms with Gasteiger partial charge in [0.1, 0.15) is 11.6 Å². The third kappa shape index (κ3) is 3.53. The average molecular weight is 349 g/mol. The molecule has 2 heterocycles. The second-order valence-electron chi connectivity index (χ2n) is 5.03. The lowest BCUT2D eigenvalue weighted by Gasteiger charge is -2.35. The fraction of sp³-hybridized carbons (Fsp3) is 0.333. The largest absolute Gasteiger partial charge is 0.467 e. The first-order valence-electron chi connectivity index (χ1n) is 7.02. The van der Waals surface area contributed by atoms with Crippen LogP contribution in [-0.4, -0.2) is 45.9 Å². The smallest absolute Gasteiger partial charge is 0.328 e. The molecule has 0 aliphatic carbocycles. The van der Waals surface area contributed by atoms with E-state index < -0.39 is 6.04 Å². The molecule has 23 heavy (non-hydrogen) atoms. The van der Waals surface area contributed by atoms with Crippen molar-refractivity contribution >= 4 is 35.0 Å². The molecule has 0 bridgehead atoms. The maximum absolute atomic E-state index is 12.6. The molecule has 0 N–H and O–H groups in total. The Kier molecular flexibility index (Phi) is 4.92. The third-order valence-corrected chi connectivity index (χ3v) is 5.55. The Bertz CT molecular complexity index is 706. The molecule has 8 heteroatoms. The average Bonchev–Trinajstić information content (AvgIpc) is 3.11. The van der Waals surface area contributed by atoms with Crippen molar-refractivity contribution in [3.63, 3.8) is 0 Å². The molecule has 0 saturated carbocycles. The number of amides is 1. The molecule has 1 aromatic heterocycles. The first-order valence-corrected chi connectivity index (χ1v) is 8.88. The van der Waals surface area contributed by atoms with Gasteiger partial charge in [-0.3, -0.25) is 4.79 Å². The van der Waals surface area contributed by atoms with Gasteiger partial charge in [0, 0.05) is 13.0 Å². The standard InChI is InChI=1S/C15H15N3O3S2/c1-21-14(20)12-6-10-4-2-3-5-11(10)7-18(12)13(19)8-22-15-17-16-9-23-15/h2-5,9,12H,6-8H2,1H3/t12-/m0/s1. The summed E-state index contributed by atoms with van der Waals surface area (Å²) in [4.78, 5) is 26.3. The van der Waals surface area contributed by atoms with E-state index in [1.807, 2.05) is 24.3 Å². The van der Waals surface area contributed by atoms with Gasteiger partial charge in [-0.2, -0.15) is 0 Å². The molecule has 1 aliphatic heterocycles. The Morgan fingerprint density at radius 2 is 2.17 bits per heavy atom. The fourth-order valence-electron chi connectivity index (χ4n) is 2.56. The van der Waals surface area contributed by atoms with Crippen molar-refractivity contribution in [2.45, 2.75) is 23.3 Å². The number of thioether (sulfide) groups is 1. The van der Waals surface area contributed by atoms with E-state index in [2.05, 4.69) is 10.2 Å². The van der Waals surface area contributed by atoms with E-state index in [1.165, 1.54) is 30.2 Å². The quantitative estimate of drug-likeness (QED) is 0.619. The highest BCUT2D eigenvalue weighted by Gasteiger charge is 2.35. The Balaban J connectivity index is 1.77. The number of nitrogens with zero attached hydrogens (tertiary/aromatic N) is 3. The summed E-state index contributed by atoms with van der Waals surface area (Å²) in [5, 5.41) is 7.66. The lowest BCUT2D eigenvalue weighted by atomic mass is 9.94. The van der Waals surface area contributed by atoms with E-state index in [-0.39, 0.29) is 17.6 Å². The van der Waals surface area contributed by atoms with E-state index >= 15 is 0 Å². The van der Waals surface area contributed by atoms with Crippen molar-refractivity contribution < 1.29 is 14.3 Å². The van der Waals surface area contributed by atoms with Gasteiger partial charge in [0.05, 0.1) is 12.9 Å². The molecule has 1 atom stereocenters. The van der Waals surface area contributed by atoms with E-state index in [1.54, 1.807) is 10.4 Å². The number of hydrogen-bond acceptors (Lipinski definition) is 7. The fourth-order valence-corrected chi connectivity index (χ4v) is 3.94. The number of rotatable bonds is 4. The third-order valence-electron chi connectivity index (χ3n) is 3.70. The van der Waals surface area contributed by atoms with Gasteiger partial charge in [-0.25, -0.2) is 4.79 Å². The van der Waals surface area contributed by atoms with Crippen molar-refractivity contribution in [2.75, 3.05) is 12.9 Å². The summed E-state index contributed by atoms with van der Waals surface area (Å²) in [5.41, 5.74) is 3.78. The lowest BCUT2D eigenvalue weighted by molar-refractivity contribution is -0.153. The molecular weight excluding hydrogens is 334 g/mol. The van der Waals surface area contributed by atoms with Crippen molar-refractivity contribution in [1.29, 1.82) is 0 Å². The summed E-state index contributed by atoms with van der Waals surface area (Å²) in [5.74, 6) is -0.255. The Morgan fingerprint density at radius 1 is 1.39 bits per heavy atom. The SMILES string of the molecule is COC(=O)[C@@H]1Cc2ccccc2CN1C(=O)CSc1nncs1. The Morgan fingerprint density at radius 3 is 2.87 bits per heavy atom. The van der Waals surface area contributed by atoms with E-state index in [4.69, 9.17) is 4.74 Å². The molecule has 6 nitrogen and oxygen atoms in total. The van der Waals surface area contributed by atoms with Gasteiger partial charge in [0.15, 0.2) is 4.34 Å². The van der Waals surface area contributed by atoms with E-state index in [0.717, 1.165) is 15.5 Å². The number of fused-ring (bicyclic) bond motifs is 1. The number of benzene rings is 1. The van der Waals surface area contributed by atoms with Crippen LogP contribution in [0.2, 0.25) is 0 Å². The van der Waals surface area contributed by atoms with Gasteiger partial charge in [-0.1, -0.05) is 47.4 Å². The number of methoxy groups -OCH3 is 1. The maximum atomic E-state index is 12.6. The van der Waals surface area contributed by atoms with Crippen molar-refractivity contribution in [3.05, 3.63) is 40.9 Å². The van der Waals surface area contributed by atoms with Gasteiger partial charge in [0.25, 0.3) is 0 Å². The number of hydrogen-bond donors (Lipinski definition) is 0. The minimum absolute atomic E-state index is 0.102. The highest BCUT2D eigenvalue weighted by atomic mass is 32.2. The minimum atomic E-state index is -0.572. The number of carbonyl (C=O) groups excluding carboxylic acids is 2. The second kappa shape index (κ2) is 7.10. The number of carbonyl (C=O) groups is 2. The topological polar surface area (TPSA) is 72.4 Å². The summed E-state index contributed by atoms with van der Waals surface area (Å²) in [6.07, 6.45) is 0.484. The Labute approximate surface area is 141 Å². The summed E-state index contributed by atoms with van der Waals surface area (Å²) < 4.78 is 5.62. The molecule has 3 rings (SSSR count). The zero-order valence-corrected chi connectivity index (χ0v) is 14.1. The molecule has 1 aliphatic rings. The van der Waals surface area contributed by atoms with E-state index in [0.29, 0.717) is 13.0 Å². The van der Waals surface area contributed by atoms with Crippen LogP contribution in [0.25, 0.3) is 0 Å². The molecule has 1 aromatic carbocycles. The van der Waals surface area contributed by atoms with Gasteiger partial charge < -0.3 is 9.64 Å². The highest BCUT2D eigenvalue weighted by Crippen LogP contribution is 2.26. The zero-order chi connectivity index (χ0) is 16.2. The van der Waals surface area contributed by atoms with Crippen LogP contribution in [0.3, 0.4) is 0 Å². The highest BCUT2D eigenvalue weighted by molar-refractivity contribution is 8.01. The predicted octanol–water partition coefficient (Wildman–Crippen LogP) is 1.76. The molecule has 0 unspecified atom stereocenters. The number of esters is 1. The van der Waals surface area contributed by atoms with Crippen LogP contribution in [0.15, 0.2) is 34.1 Å². The number of aromatic nitrogens is 2. The summed E-state index contributed by atoms with van der Waals surface area (Å²) in [7, 11) is 1.35. The molecule has 0 saturated heterocycles. The first kappa shape index (κ1) is 15.9. The second-order valence-corrected chi connectivity index (χ2v) is 7.08. The predicted molar refractivity (Wildman–Crippen MR) is 87.1 cm³/mol. The molecule has 2 aromatic rings. The normalized spacial score (nSPS) is 16.7. The van der Waals surface area contributed by atoms with Crippen molar-refractivity contribution in [3.8, 4) is 0 Å². The van der Waals surface area contributed by atoms with Crippen molar-refractivity contribution in [2.24, 2.45) is 0 Å². The minimum Gasteiger partial charge on any atom is -0.467 e. The summed E-state index contributed by atoms with van der Waals surface area (Å²) in [6, 6.07) is 7.29. The molecule has 120 valence electrons. The van der Waals surface area contributed by atoms with Crippen molar-refractivity contribution in [1.82, 2.24) is 15.1 Å². The first-order chi connectivity index (χ1) is 11.2. The monoisotopic (exact) mass is 349 g/mol. The van der Waals surface area contributed by atoms with Crippen LogP contribution in [0.4, 0.5) is 0 Å². The van der Waals surface area contributed by atoms with Gasteiger partial charge in [-0.15, -0.1) is 10.2 Å². The van der Waals surface area contributed by atoms with Gasteiger partial charge >= 0.3 is 5.97 Å². The Hall–Kier alpha value is -1.93. The van der Waals surface area contributed by atoms with Crippen LogP contribution in [0.5, 0.6) is 0 Å². The number of ether oxygens (including phenoxy) is 1. The lowest BCUT2D eigenvalue weighted by Crippen LogP contribution is -2.49. The van der Waals surface area contributed by atoms with Gasteiger partial charge in [-0.05, 0) is 11.1 Å². The van der Waals surface area contributed by atoms with Crippen LogP contribution < -0.4 is 0 Å². The van der Waals surface area contributed by atoms with Crippen LogP contribution >= 0.6 is 23.1 Å². The molecular formula is C15H15N3O3S2. The summed E-state index contributed by atoms with van der Waals surface area (Å²) >= 11 is 2.72. The molecule has 0 spiro atoms. The van der Waals surface area contributed by atoms with Crippen LogP contribution in [0, 0.1) is 0 Å². The van der Waals surface area contributed by atoms with Crippen LogP contribution in [-0.2, 0) is 27.3 Å². The maximum Gasteiger partial charge on any atom is 0.328 e. The molecule has 0 radical (unpaired) electrons. The van der Waals surface area contributed by atoms with Gasteiger partial charge in [0.2, 0.25) is 5.91 Å². The molecule has 1 amide bonds. The van der Waals surface area contributed by atoms with Crippen LogP contribution in [0.1, 0.15) is 11.1 Å².